The average molecular weight is 297 g/mol. The molecule has 1 aliphatic heterocycles. The second kappa shape index (κ2) is 6.12. The van der Waals surface area contributed by atoms with Crippen LogP contribution in [0.2, 0.25) is 5.02 Å². The lowest BCUT2D eigenvalue weighted by Gasteiger charge is -2.46. The Bertz CT molecular complexity index is 499. The van der Waals surface area contributed by atoms with Crippen molar-refractivity contribution < 1.29 is 9.90 Å². The molecule has 0 aliphatic carbocycles. The van der Waals surface area contributed by atoms with Gasteiger partial charge in [0.1, 0.15) is 0 Å². The van der Waals surface area contributed by atoms with Crippen LogP contribution in [0.15, 0.2) is 18.2 Å². The first-order valence-corrected chi connectivity index (χ1v) is 7.30. The third kappa shape index (κ3) is 3.72. The number of nitrogens with zero attached hydrogens (tertiary/aromatic N) is 1. The Morgan fingerprint density at radius 2 is 2.20 bits per heavy atom. The lowest BCUT2D eigenvalue weighted by molar-refractivity contribution is -0.129. The molecular formula is C15H21ClN2O2. The number of β-amino-alcohol motifs (C(OH)–C–C–N with tert-alkyl or cyclic N) is 1. The molecule has 1 aliphatic rings. The minimum Gasteiger partial charge on any atom is -0.387 e. The summed E-state index contributed by atoms with van der Waals surface area (Å²) in [5.74, 6) is -0.0801. The zero-order valence-electron chi connectivity index (χ0n) is 11.9. The second-order valence-electron chi connectivity index (χ2n) is 5.63. The van der Waals surface area contributed by atoms with Gasteiger partial charge in [-0.05, 0) is 31.0 Å². The van der Waals surface area contributed by atoms with Crippen LogP contribution in [0.3, 0.4) is 0 Å². The summed E-state index contributed by atoms with van der Waals surface area (Å²) in [6.07, 6.45) is 1.75. The standard InChI is InChI=1S/C15H21ClN2O2/c1-3-6-15(20)9-18(10-15)8-14(19)17-12-5-4-11(2)13(16)7-12/h4-5,7,20H,3,6,8-10H2,1-2H3,(H,17,19). The normalized spacial score (nSPS) is 17.6. The predicted octanol–water partition coefficient (Wildman–Crippen LogP) is 2.43. The molecule has 2 N–H and O–H groups in total. The number of hydrogen-bond donors (Lipinski definition) is 2. The highest BCUT2D eigenvalue weighted by Gasteiger charge is 2.40. The number of anilines is 1. The molecule has 1 saturated heterocycles. The van der Waals surface area contributed by atoms with Gasteiger partial charge in [0.25, 0.3) is 0 Å². The van der Waals surface area contributed by atoms with Gasteiger partial charge in [0, 0.05) is 23.8 Å². The third-order valence-electron chi connectivity index (χ3n) is 3.57. The van der Waals surface area contributed by atoms with Crippen LogP contribution in [0.5, 0.6) is 0 Å². The maximum Gasteiger partial charge on any atom is 0.238 e. The molecule has 4 nitrogen and oxygen atoms in total. The lowest BCUT2D eigenvalue weighted by atomic mass is 9.89. The Morgan fingerprint density at radius 3 is 2.80 bits per heavy atom. The largest absolute Gasteiger partial charge is 0.387 e. The molecule has 0 atom stereocenters. The number of carbonyl (C=O) groups excluding carboxylic acids is 1. The fourth-order valence-corrected chi connectivity index (χ4v) is 2.78. The Hall–Kier alpha value is -1.10. The Labute approximate surface area is 124 Å². The Kier molecular flexibility index (Phi) is 4.68. The number of nitrogens with one attached hydrogen (secondary N) is 1. The predicted molar refractivity (Wildman–Crippen MR) is 81.1 cm³/mol. The van der Waals surface area contributed by atoms with Crippen LogP contribution in [-0.4, -0.2) is 41.1 Å². The molecule has 1 fully saturated rings. The molecule has 0 radical (unpaired) electrons. The maximum absolute atomic E-state index is 11.9. The number of rotatable bonds is 5. The molecule has 1 aromatic carbocycles. The number of carbonyl (C=O) groups is 1. The van der Waals surface area contributed by atoms with Gasteiger partial charge in [-0.15, -0.1) is 0 Å². The minimum atomic E-state index is -0.595. The quantitative estimate of drug-likeness (QED) is 0.877. The SMILES string of the molecule is CCCC1(O)CN(CC(=O)Nc2ccc(C)c(Cl)c2)C1. The summed E-state index contributed by atoms with van der Waals surface area (Å²) >= 11 is 6.02. The monoisotopic (exact) mass is 296 g/mol. The lowest BCUT2D eigenvalue weighted by Crippen LogP contribution is -2.62. The number of aryl methyl sites for hydroxylation is 1. The number of aliphatic hydroxyl groups is 1. The number of likely N-dealkylation sites (tertiary alicyclic amines) is 1. The van der Waals surface area contributed by atoms with E-state index in [9.17, 15) is 9.90 Å². The van der Waals surface area contributed by atoms with Crippen molar-refractivity contribution in [3.63, 3.8) is 0 Å². The number of halogens is 1. The van der Waals surface area contributed by atoms with Gasteiger partial charge >= 0.3 is 0 Å². The molecule has 110 valence electrons. The summed E-state index contributed by atoms with van der Waals surface area (Å²) in [7, 11) is 0. The van der Waals surface area contributed by atoms with Crippen LogP contribution in [0.4, 0.5) is 5.69 Å². The first-order chi connectivity index (χ1) is 9.42. The molecule has 0 bridgehead atoms. The molecule has 1 amide bonds. The Morgan fingerprint density at radius 1 is 1.50 bits per heavy atom. The number of benzene rings is 1. The summed E-state index contributed by atoms with van der Waals surface area (Å²) in [6, 6.07) is 5.46. The highest BCUT2D eigenvalue weighted by Crippen LogP contribution is 2.25. The first-order valence-electron chi connectivity index (χ1n) is 6.92. The van der Waals surface area contributed by atoms with Crippen molar-refractivity contribution >= 4 is 23.2 Å². The summed E-state index contributed by atoms with van der Waals surface area (Å²) in [5.41, 5.74) is 1.09. The summed E-state index contributed by atoms with van der Waals surface area (Å²) < 4.78 is 0. The maximum atomic E-state index is 11.9. The molecule has 2 rings (SSSR count). The van der Waals surface area contributed by atoms with Crippen molar-refractivity contribution in [3.05, 3.63) is 28.8 Å². The fourth-order valence-electron chi connectivity index (χ4n) is 2.60. The molecule has 5 heteroatoms. The molecule has 0 unspecified atom stereocenters. The van der Waals surface area contributed by atoms with Crippen LogP contribution in [0.1, 0.15) is 25.3 Å². The third-order valence-corrected chi connectivity index (χ3v) is 3.98. The van der Waals surface area contributed by atoms with E-state index in [0.717, 1.165) is 18.4 Å². The fraction of sp³-hybridized carbons (Fsp3) is 0.533. The molecule has 0 spiro atoms. The van der Waals surface area contributed by atoms with Crippen molar-refractivity contribution in [2.24, 2.45) is 0 Å². The van der Waals surface area contributed by atoms with Crippen LogP contribution >= 0.6 is 11.6 Å². The van der Waals surface area contributed by atoms with Crippen molar-refractivity contribution in [2.75, 3.05) is 25.0 Å². The van der Waals surface area contributed by atoms with Crippen LogP contribution in [-0.2, 0) is 4.79 Å². The van der Waals surface area contributed by atoms with E-state index in [1.54, 1.807) is 6.07 Å². The van der Waals surface area contributed by atoms with Gasteiger partial charge in [0.15, 0.2) is 0 Å². The smallest absolute Gasteiger partial charge is 0.238 e. The molecule has 0 aromatic heterocycles. The van der Waals surface area contributed by atoms with Gasteiger partial charge in [-0.1, -0.05) is 31.0 Å². The van der Waals surface area contributed by atoms with Crippen molar-refractivity contribution in [1.82, 2.24) is 4.90 Å². The summed E-state index contributed by atoms with van der Waals surface area (Å²) in [6.45, 7) is 5.42. The summed E-state index contributed by atoms with van der Waals surface area (Å²) in [4.78, 5) is 13.8. The molecular weight excluding hydrogens is 276 g/mol. The number of hydrogen-bond acceptors (Lipinski definition) is 3. The minimum absolute atomic E-state index is 0.0801. The van der Waals surface area contributed by atoms with Crippen molar-refractivity contribution in [2.45, 2.75) is 32.3 Å². The van der Waals surface area contributed by atoms with Crippen molar-refractivity contribution in [3.8, 4) is 0 Å². The topological polar surface area (TPSA) is 52.6 Å². The second-order valence-corrected chi connectivity index (χ2v) is 6.04. The highest BCUT2D eigenvalue weighted by atomic mass is 35.5. The number of amides is 1. The average Bonchev–Trinajstić information content (AvgIpc) is 2.32. The van der Waals surface area contributed by atoms with E-state index >= 15 is 0 Å². The van der Waals surface area contributed by atoms with Crippen LogP contribution in [0, 0.1) is 6.92 Å². The zero-order valence-corrected chi connectivity index (χ0v) is 12.7. The first kappa shape index (κ1) is 15.3. The Balaban J connectivity index is 1.81. The van der Waals surface area contributed by atoms with Crippen LogP contribution < -0.4 is 5.32 Å². The van der Waals surface area contributed by atoms with Gasteiger partial charge in [-0.25, -0.2) is 0 Å². The summed E-state index contributed by atoms with van der Waals surface area (Å²) in [5, 5.41) is 13.5. The highest BCUT2D eigenvalue weighted by molar-refractivity contribution is 6.31. The van der Waals surface area contributed by atoms with E-state index in [1.165, 1.54) is 0 Å². The molecule has 20 heavy (non-hydrogen) atoms. The van der Waals surface area contributed by atoms with Gasteiger partial charge in [0.2, 0.25) is 5.91 Å². The van der Waals surface area contributed by atoms with Gasteiger partial charge < -0.3 is 10.4 Å². The van der Waals surface area contributed by atoms with Gasteiger partial charge in [-0.2, -0.15) is 0 Å². The molecule has 1 aromatic rings. The van der Waals surface area contributed by atoms with E-state index in [-0.39, 0.29) is 5.91 Å². The van der Waals surface area contributed by atoms with E-state index in [0.29, 0.717) is 30.3 Å². The van der Waals surface area contributed by atoms with E-state index in [1.807, 2.05) is 24.0 Å². The molecule has 0 saturated carbocycles. The van der Waals surface area contributed by atoms with Gasteiger partial charge in [-0.3, -0.25) is 9.69 Å². The van der Waals surface area contributed by atoms with Gasteiger partial charge in [0.05, 0.1) is 12.1 Å². The van der Waals surface area contributed by atoms with E-state index in [2.05, 4.69) is 12.2 Å². The van der Waals surface area contributed by atoms with E-state index in [4.69, 9.17) is 11.6 Å². The van der Waals surface area contributed by atoms with Crippen LogP contribution in [0.25, 0.3) is 0 Å². The molecule has 1 heterocycles. The zero-order chi connectivity index (χ0) is 14.8. The van der Waals surface area contributed by atoms with E-state index < -0.39 is 5.60 Å². The van der Waals surface area contributed by atoms with Crippen molar-refractivity contribution in [1.29, 1.82) is 0 Å².